The summed E-state index contributed by atoms with van der Waals surface area (Å²) in [7, 11) is 0. The first-order chi connectivity index (χ1) is 14.1. The molecule has 0 bridgehead atoms. The molecule has 3 aromatic rings. The van der Waals surface area contributed by atoms with Crippen LogP contribution in [0.15, 0.2) is 49.1 Å². The Morgan fingerprint density at radius 2 is 1.76 bits per heavy atom. The highest BCUT2D eigenvalue weighted by molar-refractivity contribution is 5.73. The fourth-order valence-corrected chi connectivity index (χ4v) is 3.01. The van der Waals surface area contributed by atoms with Gasteiger partial charge in [0.15, 0.2) is 0 Å². The summed E-state index contributed by atoms with van der Waals surface area (Å²) >= 11 is 0. The number of aromatic nitrogens is 4. The minimum absolute atomic E-state index is 0.227. The number of urea groups is 1. The fourth-order valence-electron chi connectivity index (χ4n) is 3.01. The second-order valence-electron chi connectivity index (χ2n) is 6.60. The third kappa shape index (κ3) is 5.31. The summed E-state index contributed by atoms with van der Waals surface area (Å²) in [6, 6.07) is 7.56. The second-order valence-corrected chi connectivity index (χ2v) is 6.60. The van der Waals surface area contributed by atoms with Crippen molar-refractivity contribution in [2.75, 3.05) is 18.0 Å². The summed E-state index contributed by atoms with van der Waals surface area (Å²) in [4.78, 5) is 27.4. The monoisotopic (exact) mass is 393 g/mol. The largest absolute Gasteiger partial charge is 0.357 e. The average molecular weight is 393 g/mol. The number of carbonyl (C=O) groups is 1. The first kappa shape index (κ1) is 20.3. The topological polar surface area (TPSA) is 88.0 Å². The van der Waals surface area contributed by atoms with Crippen molar-refractivity contribution in [2.45, 2.75) is 33.9 Å². The van der Waals surface area contributed by atoms with E-state index in [1.807, 2.05) is 42.0 Å². The van der Waals surface area contributed by atoms with Gasteiger partial charge in [0, 0.05) is 51.0 Å². The Hall–Kier alpha value is -3.42. The lowest BCUT2D eigenvalue weighted by molar-refractivity contribution is 0.240. The first-order valence-electron chi connectivity index (χ1n) is 9.77. The number of hydrogen-bond donors (Lipinski definition) is 2. The predicted molar refractivity (Wildman–Crippen MR) is 113 cm³/mol. The maximum atomic E-state index is 12.1. The number of anilines is 1. The van der Waals surface area contributed by atoms with Gasteiger partial charge < -0.3 is 15.5 Å². The van der Waals surface area contributed by atoms with Crippen molar-refractivity contribution < 1.29 is 4.79 Å². The van der Waals surface area contributed by atoms with E-state index >= 15 is 0 Å². The van der Waals surface area contributed by atoms with Crippen LogP contribution >= 0.6 is 0 Å². The zero-order valence-electron chi connectivity index (χ0n) is 17.1. The minimum Gasteiger partial charge on any atom is -0.357 e. The molecule has 2 amide bonds. The van der Waals surface area contributed by atoms with E-state index in [9.17, 15) is 4.79 Å². The number of pyridine rings is 2. The second kappa shape index (κ2) is 9.68. The quantitative estimate of drug-likeness (QED) is 0.614. The number of amides is 2. The molecule has 0 saturated carbocycles. The van der Waals surface area contributed by atoms with Gasteiger partial charge in [-0.2, -0.15) is 0 Å². The molecular weight excluding hydrogens is 366 g/mol. The van der Waals surface area contributed by atoms with Crippen LogP contribution in [0.5, 0.6) is 0 Å². The first-order valence-corrected chi connectivity index (χ1v) is 9.77. The summed E-state index contributed by atoms with van der Waals surface area (Å²) in [5.74, 6) is 2.59. The van der Waals surface area contributed by atoms with Crippen molar-refractivity contribution in [3.8, 4) is 5.82 Å². The molecule has 0 aliphatic rings. The highest BCUT2D eigenvalue weighted by atomic mass is 16.2. The SMILES string of the molecule is CCN(CC)c1ccc(CNC(=O)NCc2ccnc(-n3ccnc3C)c2)cn1. The van der Waals surface area contributed by atoms with Crippen LogP contribution in [-0.4, -0.2) is 38.6 Å². The Balaban J connectivity index is 1.50. The summed E-state index contributed by atoms with van der Waals surface area (Å²) in [5.41, 5.74) is 1.92. The van der Waals surface area contributed by atoms with Crippen molar-refractivity contribution >= 4 is 11.8 Å². The molecule has 3 rings (SSSR count). The molecule has 0 aliphatic heterocycles. The van der Waals surface area contributed by atoms with Crippen molar-refractivity contribution in [1.82, 2.24) is 30.2 Å². The van der Waals surface area contributed by atoms with Gasteiger partial charge in [-0.25, -0.2) is 19.7 Å². The van der Waals surface area contributed by atoms with Crippen LogP contribution in [-0.2, 0) is 13.1 Å². The molecule has 8 nitrogen and oxygen atoms in total. The van der Waals surface area contributed by atoms with Crippen molar-refractivity contribution in [3.05, 3.63) is 66.0 Å². The van der Waals surface area contributed by atoms with E-state index in [-0.39, 0.29) is 6.03 Å². The molecule has 0 saturated heterocycles. The van der Waals surface area contributed by atoms with Gasteiger partial charge in [0.25, 0.3) is 0 Å². The van der Waals surface area contributed by atoms with Crippen molar-refractivity contribution in [2.24, 2.45) is 0 Å². The third-order valence-corrected chi connectivity index (χ3v) is 4.69. The molecule has 0 aromatic carbocycles. The molecule has 0 fully saturated rings. The smallest absolute Gasteiger partial charge is 0.315 e. The van der Waals surface area contributed by atoms with E-state index in [1.54, 1.807) is 18.6 Å². The molecular formula is C21H27N7O. The van der Waals surface area contributed by atoms with E-state index in [1.165, 1.54) is 0 Å². The van der Waals surface area contributed by atoms with Gasteiger partial charge >= 0.3 is 6.03 Å². The average Bonchev–Trinajstić information content (AvgIpc) is 3.18. The predicted octanol–water partition coefficient (Wildman–Crippen LogP) is 2.82. The van der Waals surface area contributed by atoms with Crippen LogP contribution in [0.1, 0.15) is 30.8 Å². The van der Waals surface area contributed by atoms with Crippen molar-refractivity contribution in [3.63, 3.8) is 0 Å². The van der Waals surface area contributed by atoms with Crippen LogP contribution in [0, 0.1) is 6.92 Å². The Labute approximate surface area is 171 Å². The molecule has 2 N–H and O–H groups in total. The maximum Gasteiger partial charge on any atom is 0.315 e. The standard InChI is InChI=1S/C21H27N7O/c1-4-27(5-2)19-7-6-18(14-24-19)15-26-21(29)25-13-17-8-9-23-20(12-17)28-11-10-22-16(28)3/h6-12,14H,4-5,13,15H2,1-3H3,(H2,25,26,29). The molecule has 0 atom stereocenters. The molecule has 3 aromatic heterocycles. The van der Waals surface area contributed by atoms with E-state index in [0.717, 1.165) is 41.7 Å². The van der Waals surface area contributed by atoms with Gasteiger partial charge in [-0.1, -0.05) is 6.07 Å². The lowest BCUT2D eigenvalue weighted by Crippen LogP contribution is -2.34. The zero-order valence-corrected chi connectivity index (χ0v) is 17.1. The van der Waals surface area contributed by atoms with E-state index < -0.39 is 0 Å². The Kier molecular flexibility index (Phi) is 6.78. The molecule has 0 spiro atoms. The Bertz CT molecular complexity index is 932. The molecule has 152 valence electrons. The van der Waals surface area contributed by atoms with Crippen LogP contribution < -0.4 is 15.5 Å². The Morgan fingerprint density at radius 1 is 1.00 bits per heavy atom. The molecule has 0 aliphatic carbocycles. The summed E-state index contributed by atoms with van der Waals surface area (Å²) < 4.78 is 1.90. The number of rotatable bonds is 8. The summed E-state index contributed by atoms with van der Waals surface area (Å²) in [5, 5.41) is 5.74. The van der Waals surface area contributed by atoms with E-state index in [4.69, 9.17) is 0 Å². The number of nitrogens with zero attached hydrogens (tertiary/aromatic N) is 5. The molecule has 3 heterocycles. The van der Waals surface area contributed by atoms with Crippen LogP contribution in [0.2, 0.25) is 0 Å². The van der Waals surface area contributed by atoms with Crippen LogP contribution in [0.3, 0.4) is 0 Å². The summed E-state index contributed by atoms with van der Waals surface area (Å²) in [6.07, 6.45) is 7.13. The van der Waals surface area contributed by atoms with Gasteiger partial charge in [0.05, 0.1) is 0 Å². The zero-order chi connectivity index (χ0) is 20.6. The maximum absolute atomic E-state index is 12.1. The number of hydrogen-bond acceptors (Lipinski definition) is 5. The molecule has 8 heteroatoms. The van der Waals surface area contributed by atoms with Gasteiger partial charge in [0.1, 0.15) is 17.5 Å². The Morgan fingerprint density at radius 3 is 2.38 bits per heavy atom. The van der Waals surface area contributed by atoms with Gasteiger partial charge in [-0.3, -0.25) is 4.57 Å². The minimum atomic E-state index is -0.227. The third-order valence-electron chi connectivity index (χ3n) is 4.69. The normalized spacial score (nSPS) is 10.6. The molecule has 0 radical (unpaired) electrons. The van der Waals surface area contributed by atoms with Gasteiger partial charge in [0.2, 0.25) is 0 Å². The van der Waals surface area contributed by atoms with Crippen LogP contribution in [0.25, 0.3) is 5.82 Å². The van der Waals surface area contributed by atoms with E-state index in [2.05, 4.69) is 44.3 Å². The van der Waals surface area contributed by atoms with Crippen molar-refractivity contribution in [1.29, 1.82) is 0 Å². The number of imidazole rings is 1. The van der Waals surface area contributed by atoms with Crippen LogP contribution in [0.4, 0.5) is 10.6 Å². The summed E-state index contributed by atoms with van der Waals surface area (Å²) in [6.45, 7) is 8.80. The highest BCUT2D eigenvalue weighted by Crippen LogP contribution is 2.11. The molecule has 29 heavy (non-hydrogen) atoms. The number of aryl methyl sites for hydroxylation is 1. The number of nitrogens with one attached hydrogen (secondary N) is 2. The number of carbonyl (C=O) groups excluding carboxylic acids is 1. The van der Waals surface area contributed by atoms with E-state index in [0.29, 0.717) is 13.1 Å². The van der Waals surface area contributed by atoms with Gasteiger partial charge in [-0.05, 0) is 50.1 Å². The fraction of sp³-hybridized carbons (Fsp3) is 0.333. The van der Waals surface area contributed by atoms with Gasteiger partial charge in [-0.15, -0.1) is 0 Å². The lowest BCUT2D eigenvalue weighted by atomic mass is 10.2. The lowest BCUT2D eigenvalue weighted by Gasteiger charge is -2.19. The molecule has 0 unspecified atom stereocenters. The highest BCUT2D eigenvalue weighted by Gasteiger charge is 2.06.